The molecule has 0 radical (unpaired) electrons. The molecule has 0 bridgehead atoms. The van der Waals surface area contributed by atoms with Gasteiger partial charge in [0.2, 0.25) is 0 Å². The summed E-state index contributed by atoms with van der Waals surface area (Å²) in [4.78, 5) is 10.6. The van der Waals surface area contributed by atoms with Crippen molar-refractivity contribution in [1.29, 1.82) is 0 Å². The summed E-state index contributed by atoms with van der Waals surface area (Å²) in [5, 5.41) is 13.9. The topological polar surface area (TPSA) is 86.8 Å². The molecular weight excluding hydrogens is 292 g/mol. The van der Waals surface area contributed by atoms with Gasteiger partial charge >= 0.3 is 6.16 Å². The highest BCUT2D eigenvalue weighted by molar-refractivity contribution is 5.53. The maximum Gasteiger partial charge on any atom is 0.503 e. The van der Waals surface area contributed by atoms with Crippen molar-refractivity contribution < 1.29 is 15.0 Å². The average molecular weight is 335 g/mol. The molecule has 0 aromatic carbocycles. The van der Waals surface area contributed by atoms with Crippen molar-refractivity contribution in [2.45, 2.75) is 84.0 Å². The van der Waals surface area contributed by atoms with Gasteiger partial charge in [-0.2, -0.15) is 0 Å². The molecule has 0 saturated heterocycles. The number of hydrogen-bond donors (Lipinski definition) is 3. The second-order valence-electron chi connectivity index (χ2n) is 6.30. The molecule has 0 amide bonds. The molecule has 0 aliphatic heterocycles. The molecule has 0 unspecified atom stereocenters. The molecule has 142 valence electrons. The van der Waals surface area contributed by atoms with E-state index in [1.165, 1.54) is 77.0 Å². The van der Waals surface area contributed by atoms with E-state index in [1.54, 1.807) is 0 Å². The smallest absolute Gasteiger partial charge is 0.450 e. The number of carboxylic acid groups (broad SMARTS) is 2. The molecule has 4 N–H and O–H groups in total. The fraction of sp³-hybridized carbons (Fsp3) is 0.944. The van der Waals surface area contributed by atoms with Crippen molar-refractivity contribution in [3.8, 4) is 0 Å². The molecule has 0 atom stereocenters. The fourth-order valence-electron chi connectivity index (χ4n) is 1.99. The maximum atomic E-state index is 8.56. The molecule has 23 heavy (non-hydrogen) atoms. The Hall–Kier alpha value is -0.810. The van der Waals surface area contributed by atoms with Crippen LogP contribution >= 0.6 is 0 Å². The Kier molecular flexibility index (Phi) is 30.7. The number of unbranched alkanes of at least 4 members (excludes halogenated alkanes) is 11. The summed E-state index contributed by atoms with van der Waals surface area (Å²) in [5.41, 5.74) is 5.45. The van der Waals surface area contributed by atoms with Crippen LogP contribution in [0.2, 0.25) is 0 Å². The Balaban J connectivity index is -0.000000413. The largest absolute Gasteiger partial charge is 0.503 e. The summed E-state index contributed by atoms with van der Waals surface area (Å²) in [5.74, 6) is 0. The lowest BCUT2D eigenvalue weighted by Crippen LogP contribution is -1.99. The third-order valence-corrected chi connectivity index (χ3v) is 3.06. The van der Waals surface area contributed by atoms with Crippen molar-refractivity contribution >= 4 is 6.16 Å². The highest BCUT2D eigenvalue weighted by Gasteiger charge is 1.92. The van der Waals surface area contributed by atoms with Gasteiger partial charge in [-0.05, 0) is 34.1 Å². The molecule has 0 saturated carbocycles. The molecule has 0 fully saturated rings. The van der Waals surface area contributed by atoms with Crippen LogP contribution in [0.5, 0.6) is 0 Å². The Labute approximate surface area is 144 Å². The van der Waals surface area contributed by atoms with Crippen LogP contribution in [0.15, 0.2) is 0 Å². The average Bonchev–Trinajstić information content (AvgIpc) is 2.43. The minimum absolute atomic E-state index is 0.872. The molecule has 0 heterocycles. The first-order chi connectivity index (χ1) is 10.9. The monoisotopic (exact) mass is 334 g/mol. The summed E-state index contributed by atoms with van der Waals surface area (Å²) < 4.78 is 0. The van der Waals surface area contributed by atoms with Gasteiger partial charge in [0.25, 0.3) is 0 Å². The van der Waals surface area contributed by atoms with Gasteiger partial charge in [0.05, 0.1) is 0 Å². The number of carbonyl (C=O) groups is 1. The van der Waals surface area contributed by atoms with Gasteiger partial charge < -0.3 is 20.8 Å². The lowest BCUT2D eigenvalue weighted by Gasteiger charge is -2.01. The second kappa shape index (κ2) is 26.1. The second-order valence-corrected chi connectivity index (χ2v) is 6.30. The third-order valence-electron chi connectivity index (χ3n) is 3.06. The van der Waals surface area contributed by atoms with Gasteiger partial charge in [0.15, 0.2) is 0 Å². The van der Waals surface area contributed by atoms with Crippen LogP contribution in [0.3, 0.4) is 0 Å². The first-order valence-corrected chi connectivity index (χ1v) is 9.11. The van der Waals surface area contributed by atoms with Gasteiger partial charge in [-0.1, -0.05) is 77.6 Å². The van der Waals surface area contributed by atoms with E-state index in [-0.39, 0.29) is 0 Å². The van der Waals surface area contributed by atoms with E-state index in [0.29, 0.717) is 0 Å². The van der Waals surface area contributed by atoms with Crippen LogP contribution in [0.4, 0.5) is 4.79 Å². The van der Waals surface area contributed by atoms with E-state index in [1.807, 2.05) is 26.0 Å². The first-order valence-electron chi connectivity index (χ1n) is 9.11. The molecule has 0 aliphatic carbocycles. The van der Waals surface area contributed by atoms with E-state index in [2.05, 4.69) is 6.92 Å². The number of hydrogen-bond acceptors (Lipinski definition) is 3. The van der Waals surface area contributed by atoms with Crippen molar-refractivity contribution in [3.05, 3.63) is 0 Å². The van der Waals surface area contributed by atoms with E-state index in [9.17, 15) is 0 Å². The van der Waals surface area contributed by atoms with E-state index < -0.39 is 6.16 Å². The van der Waals surface area contributed by atoms with Crippen LogP contribution in [0.25, 0.3) is 0 Å². The summed E-state index contributed by atoms with van der Waals surface area (Å²) in [6.07, 6.45) is 15.1. The van der Waals surface area contributed by atoms with Crippen molar-refractivity contribution in [2.75, 3.05) is 27.7 Å². The maximum absolute atomic E-state index is 8.56. The molecule has 5 nitrogen and oxygen atoms in total. The predicted molar refractivity (Wildman–Crippen MR) is 100 cm³/mol. The van der Waals surface area contributed by atoms with Crippen LogP contribution < -0.4 is 5.73 Å². The zero-order chi connectivity index (χ0) is 18.3. The number of nitrogens with zero attached hydrogens (tertiary/aromatic N) is 1. The molecule has 0 spiro atoms. The Morgan fingerprint density at radius 1 is 0.739 bits per heavy atom. The first kappa shape index (κ1) is 27.1. The third kappa shape index (κ3) is 62.3. The molecule has 0 aromatic heterocycles. The molecule has 5 heteroatoms. The zero-order valence-electron chi connectivity index (χ0n) is 16.0. The minimum Gasteiger partial charge on any atom is -0.450 e. The Bertz CT molecular complexity index is 194. The van der Waals surface area contributed by atoms with Gasteiger partial charge in [-0.3, -0.25) is 0 Å². The van der Waals surface area contributed by atoms with Gasteiger partial charge in [0, 0.05) is 0 Å². The highest BCUT2D eigenvalue weighted by atomic mass is 16.6. The Morgan fingerprint density at radius 2 is 0.957 bits per heavy atom. The summed E-state index contributed by atoms with van der Waals surface area (Å²) in [6, 6.07) is 0. The summed E-state index contributed by atoms with van der Waals surface area (Å²) in [7, 11) is 6.00. The predicted octanol–water partition coefficient (Wildman–Crippen LogP) is 5.05. The molecule has 0 aliphatic rings. The zero-order valence-corrected chi connectivity index (χ0v) is 16.0. The van der Waals surface area contributed by atoms with Crippen LogP contribution in [0.1, 0.15) is 84.0 Å². The standard InChI is InChI=1S/C14H31N.C3H9N.CH2O3/c1-2-3-4-5-6-7-8-9-10-11-12-13-14-15;1-4(2)3;2-1(3)4/h2-15H2,1H3;1-3H3;(H2,2,3,4). The van der Waals surface area contributed by atoms with Gasteiger partial charge in [-0.25, -0.2) is 4.79 Å². The Morgan fingerprint density at radius 3 is 1.17 bits per heavy atom. The molecular formula is C18H42N2O3. The van der Waals surface area contributed by atoms with Crippen LogP contribution in [-0.4, -0.2) is 49.0 Å². The molecule has 0 rings (SSSR count). The highest BCUT2D eigenvalue weighted by Crippen LogP contribution is 2.11. The minimum atomic E-state index is -1.83. The SMILES string of the molecule is CCCCCCCCCCCCCCN.CN(C)C.O=C(O)O. The quantitative estimate of drug-likeness (QED) is 0.435. The summed E-state index contributed by atoms with van der Waals surface area (Å²) in [6.45, 7) is 3.15. The van der Waals surface area contributed by atoms with E-state index in [0.717, 1.165) is 6.54 Å². The lowest BCUT2D eigenvalue weighted by atomic mass is 10.1. The van der Waals surface area contributed by atoms with Crippen molar-refractivity contribution in [3.63, 3.8) is 0 Å². The van der Waals surface area contributed by atoms with E-state index >= 15 is 0 Å². The molecule has 0 aromatic rings. The fourth-order valence-corrected chi connectivity index (χ4v) is 1.99. The lowest BCUT2D eigenvalue weighted by molar-refractivity contribution is 0.137. The van der Waals surface area contributed by atoms with E-state index in [4.69, 9.17) is 20.7 Å². The number of nitrogens with two attached hydrogens (primary N) is 1. The normalized spacial score (nSPS) is 9.65. The van der Waals surface area contributed by atoms with Crippen molar-refractivity contribution in [1.82, 2.24) is 4.90 Å². The summed E-state index contributed by atoms with van der Waals surface area (Å²) >= 11 is 0. The van der Waals surface area contributed by atoms with Crippen LogP contribution in [-0.2, 0) is 0 Å². The van der Waals surface area contributed by atoms with Crippen LogP contribution in [0, 0.1) is 0 Å². The van der Waals surface area contributed by atoms with Crippen molar-refractivity contribution in [2.24, 2.45) is 5.73 Å². The van der Waals surface area contributed by atoms with Gasteiger partial charge in [-0.15, -0.1) is 0 Å². The van der Waals surface area contributed by atoms with Gasteiger partial charge in [0.1, 0.15) is 0 Å². The number of rotatable bonds is 12.